The van der Waals surface area contributed by atoms with Crippen molar-refractivity contribution in [1.29, 1.82) is 0 Å². The van der Waals surface area contributed by atoms with Crippen molar-refractivity contribution < 1.29 is 23.0 Å². The van der Waals surface area contributed by atoms with Gasteiger partial charge in [0, 0.05) is 35.8 Å². The van der Waals surface area contributed by atoms with E-state index in [1.165, 1.54) is 23.9 Å². The van der Waals surface area contributed by atoms with Gasteiger partial charge in [0.25, 0.3) is 5.91 Å². The number of thioether (sulfide) groups is 1. The molecule has 0 bridgehead atoms. The number of pyridine rings is 1. The summed E-state index contributed by atoms with van der Waals surface area (Å²) >= 11 is 1.38. The summed E-state index contributed by atoms with van der Waals surface area (Å²) in [7, 11) is 0. The van der Waals surface area contributed by atoms with Crippen molar-refractivity contribution in [3.05, 3.63) is 105 Å². The van der Waals surface area contributed by atoms with Gasteiger partial charge in [-0.25, -0.2) is 8.78 Å². The second-order valence-corrected chi connectivity index (χ2v) is 11.1. The Kier molecular flexibility index (Phi) is 6.90. The minimum Gasteiger partial charge on any atom is -0.483 e. The Morgan fingerprint density at radius 3 is 2.77 bits per heavy atom. The van der Waals surface area contributed by atoms with E-state index in [2.05, 4.69) is 5.32 Å². The molecule has 0 radical (unpaired) electrons. The van der Waals surface area contributed by atoms with Gasteiger partial charge in [-0.15, -0.1) is 0 Å². The van der Waals surface area contributed by atoms with Crippen LogP contribution < -0.4 is 15.5 Å². The molecule has 0 spiro atoms. The Balaban J connectivity index is 1.34. The van der Waals surface area contributed by atoms with E-state index in [4.69, 9.17) is 9.47 Å². The highest BCUT2D eigenvalue weighted by Gasteiger charge is 2.41. The molecule has 7 nitrogen and oxygen atoms in total. The number of hydrogen-bond donors (Lipinski definition) is 1. The number of fused-ring (bicyclic) bond motifs is 2. The van der Waals surface area contributed by atoms with Crippen molar-refractivity contribution in [3.8, 4) is 5.75 Å². The van der Waals surface area contributed by atoms with Crippen LogP contribution in [0.15, 0.2) is 65.7 Å². The predicted octanol–water partition coefficient (Wildman–Crippen LogP) is 4.50. The zero-order valence-electron chi connectivity index (χ0n) is 21.2. The maximum Gasteiger partial charge on any atom is 0.276 e. The topological polar surface area (TPSA) is 72.8 Å². The number of benzene rings is 2. The molecule has 3 aliphatic heterocycles. The molecule has 3 atom stereocenters. The molecule has 10 heteroatoms. The van der Waals surface area contributed by atoms with Crippen LogP contribution >= 0.6 is 11.8 Å². The summed E-state index contributed by atoms with van der Waals surface area (Å²) in [5.74, 6) is -1.52. The minimum absolute atomic E-state index is 0.00658. The summed E-state index contributed by atoms with van der Waals surface area (Å²) < 4.78 is 41.3. The maximum absolute atomic E-state index is 14.2. The molecular formula is C29H27F2N3O4S. The third kappa shape index (κ3) is 4.94. The molecule has 1 unspecified atom stereocenters. The van der Waals surface area contributed by atoms with Gasteiger partial charge < -0.3 is 24.3 Å². The highest BCUT2D eigenvalue weighted by Crippen LogP contribution is 2.37. The fourth-order valence-electron chi connectivity index (χ4n) is 5.20. The zero-order chi connectivity index (χ0) is 27.1. The normalized spacial score (nSPS) is 22.1. The van der Waals surface area contributed by atoms with E-state index in [1.54, 1.807) is 21.9 Å². The number of hydrogen-bond acceptors (Lipinski definition) is 6. The summed E-state index contributed by atoms with van der Waals surface area (Å²) in [6.07, 6.45) is 3.99. The van der Waals surface area contributed by atoms with Crippen LogP contribution in [0.3, 0.4) is 0 Å². The fraction of sp³-hybridized carbons (Fsp3) is 0.310. The molecule has 1 N–H and O–H groups in total. The first-order valence-electron chi connectivity index (χ1n) is 12.8. The van der Waals surface area contributed by atoms with E-state index < -0.39 is 17.9 Å². The number of nitrogens with one attached hydrogen (secondary N) is 1. The van der Waals surface area contributed by atoms with E-state index in [-0.39, 0.29) is 40.8 Å². The highest BCUT2D eigenvalue weighted by atomic mass is 32.2. The Morgan fingerprint density at radius 1 is 1.15 bits per heavy atom. The van der Waals surface area contributed by atoms with E-state index in [0.29, 0.717) is 35.6 Å². The van der Waals surface area contributed by atoms with Crippen molar-refractivity contribution in [2.24, 2.45) is 0 Å². The van der Waals surface area contributed by atoms with Crippen LogP contribution in [0.5, 0.6) is 5.75 Å². The van der Waals surface area contributed by atoms with Crippen LogP contribution in [0.2, 0.25) is 0 Å². The molecule has 3 aliphatic rings. The molecule has 1 fully saturated rings. The van der Waals surface area contributed by atoms with Gasteiger partial charge in [-0.1, -0.05) is 48.2 Å². The predicted molar refractivity (Wildman–Crippen MR) is 144 cm³/mol. The van der Waals surface area contributed by atoms with Crippen molar-refractivity contribution in [1.82, 2.24) is 14.8 Å². The second-order valence-electron chi connectivity index (χ2n) is 9.87. The average Bonchev–Trinajstić information content (AvgIpc) is 3.38. The van der Waals surface area contributed by atoms with Crippen molar-refractivity contribution >= 4 is 22.6 Å². The molecule has 202 valence electrons. The molecule has 2 aromatic carbocycles. The number of amides is 1. The van der Waals surface area contributed by atoms with Crippen LogP contribution in [0, 0.1) is 11.6 Å². The Labute approximate surface area is 228 Å². The van der Waals surface area contributed by atoms with Crippen molar-refractivity contribution in [2.75, 3.05) is 6.61 Å². The summed E-state index contributed by atoms with van der Waals surface area (Å²) in [6.45, 7) is 3.04. The molecule has 39 heavy (non-hydrogen) atoms. The number of halogens is 2. The molecule has 1 amide bonds. The molecule has 0 saturated carbocycles. The number of aromatic nitrogens is 1. The van der Waals surface area contributed by atoms with Crippen LogP contribution in [0.1, 0.15) is 40.5 Å². The third-order valence-corrected chi connectivity index (χ3v) is 8.42. The highest BCUT2D eigenvalue weighted by molar-refractivity contribution is 8.09. The molecular weight excluding hydrogens is 524 g/mol. The number of carbonyl (C=O) groups excluding carboxylic acids is 1. The molecule has 6 rings (SSSR count). The second kappa shape index (κ2) is 10.5. The average molecular weight is 552 g/mol. The summed E-state index contributed by atoms with van der Waals surface area (Å²) in [4.78, 5) is 29.9. The van der Waals surface area contributed by atoms with E-state index in [9.17, 15) is 18.4 Å². The minimum atomic E-state index is -0.628. The van der Waals surface area contributed by atoms with Crippen LogP contribution in [0.4, 0.5) is 8.78 Å². The van der Waals surface area contributed by atoms with Crippen molar-refractivity contribution in [3.63, 3.8) is 0 Å². The number of carbonyl (C=O) groups is 1. The third-order valence-electron chi connectivity index (χ3n) is 7.24. The number of ether oxygens (including phenoxy) is 2. The lowest BCUT2D eigenvalue weighted by atomic mass is 10.1. The molecule has 1 aromatic heterocycles. The first-order chi connectivity index (χ1) is 18.9. The Bertz CT molecular complexity index is 1510. The van der Waals surface area contributed by atoms with Gasteiger partial charge in [-0.3, -0.25) is 9.59 Å². The molecule has 3 aromatic rings. The quantitative estimate of drug-likeness (QED) is 0.487. The summed E-state index contributed by atoms with van der Waals surface area (Å²) in [5, 5.41) is 2.94. The standard InChI is InChI=1S/C29H27F2N3O4S/c1-17-9-10-37-25-15-33-14-21(23-13-32-24(39-23)11-19-7-8-20(30)12-22(19)31)27(35)28(26(33)29(36)34(17)25)38-16-18-5-3-2-4-6-18/h2-8,12-14,17,24-25,32H,9-11,15-16H2,1H3/t17-,24?,25+/m1/s1. The molecule has 1 saturated heterocycles. The monoisotopic (exact) mass is 551 g/mol. The Hall–Kier alpha value is -3.63. The van der Waals surface area contributed by atoms with Gasteiger partial charge in [0.05, 0.1) is 24.1 Å². The number of rotatable bonds is 6. The lowest BCUT2D eigenvalue weighted by Crippen LogP contribution is -2.57. The van der Waals surface area contributed by atoms with Crippen LogP contribution in [-0.4, -0.2) is 39.6 Å². The SMILES string of the molecule is C[C@@H]1CCO[C@H]2Cn3cc(C4=CNC(Cc5ccc(F)cc5F)S4)c(=O)c(OCc4ccccc4)c3C(=O)N12. The lowest BCUT2D eigenvalue weighted by molar-refractivity contribution is -0.112. The van der Waals surface area contributed by atoms with Gasteiger partial charge in [-0.05, 0) is 30.5 Å². The summed E-state index contributed by atoms with van der Waals surface area (Å²) in [5.41, 5.74) is 1.46. The number of nitrogens with zero attached hydrogens (tertiary/aromatic N) is 2. The van der Waals surface area contributed by atoms with Gasteiger partial charge in [0.2, 0.25) is 5.43 Å². The van der Waals surface area contributed by atoms with Gasteiger partial charge in [-0.2, -0.15) is 0 Å². The van der Waals surface area contributed by atoms with Crippen LogP contribution in [0.25, 0.3) is 4.91 Å². The van der Waals surface area contributed by atoms with Crippen LogP contribution in [-0.2, 0) is 24.3 Å². The largest absolute Gasteiger partial charge is 0.483 e. The fourth-order valence-corrected chi connectivity index (χ4v) is 6.32. The smallest absolute Gasteiger partial charge is 0.276 e. The van der Waals surface area contributed by atoms with E-state index in [1.807, 2.05) is 37.3 Å². The lowest BCUT2D eigenvalue weighted by Gasteiger charge is -2.44. The molecule has 0 aliphatic carbocycles. The summed E-state index contributed by atoms with van der Waals surface area (Å²) in [6, 6.07) is 13.0. The van der Waals surface area contributed by atoms with E-state index >= 15 is 0 Å². The maximum atomic E-state index is 14.2. The van der Waals surface area contributed by atoms with Gasteiger partial charge in [0.15, 0.2) is 17.7 Å². The van der Waals surface area contributed by atoms with E-state index in [0.717, 1.165) is 18.1 Å². The first-order valence-corrected chi connectivity index (χ1v) is 13.7. The zero-order valence-corrected chi connectivity index (χ0v) is 22.0. The Morgan fingerprint density at radius 2 is 1.97 bits per heavy atom. The molecule has 4 heterocycles. The van der Waals surface area contributed by atoms with Gasteiger partial charge >= 0.3 is 0 Å². The van der Waals surface area contributed by atoms with Gasteiger partial charge in [0.1, 0.15) is 18.2 Å². The first kappa shape index (κ1) is 25.6. The van der Waals surface area contributed by atoms with Crippen molar-refractivity contribution in [2.45, 2.75) is 50.6 Å².